The van der Waals surface area contributed by atoms with E-state index in [2.05, 4.69) is 0 Å². The molecule has 6 heteroatoms. The van der Waals surface area contributed by atoms with Gasteiger partial charge in [0.1, 0.15) is 5.60 Å². The van der Waals surface area contributed by atoms with Gasteiger partial charge in [0.05, 0.1) is 19.1 Å². The normalized spacial score (nSPS) is 25.9. The van der Waals surface area contributed by atoms with Gasteiger partial charge in [-0.25, -0.2) is 4.79 Å². The number of rotatable bonds is 1. The molecule has 102 valence electrons. The van der Waals surface area contributed by atoms with Gasteiger partial charge in [0.2, 0.25) is 0 Å². The molecular weight excluding hydrogens is 238 g/mol. The van der Waals surface area contributed by atoms with Gasteiger partial charge in [0.25, 0.3) is 0 Å². The van der Waals surface area contributed by atoms with Gasteiger partial charge in [-0.3, -0.25) is 4.79 Å². The van der Waals surface area contributed by atoms with E-state index in [-0.39, 0.29) is 6.54 Å². The summed E-state index contributed by atoms with van der Waals surface area (Å²) in [4.78, 5) is 24.6. The fraction of sp³-hybridized carbons (Fsp3) is 0.833. The lowest BCUT2D eigenvalue weighted by Gasteiger charge is -2.40. The number of carboxylic acids is 1. The molecular formula is C12H19NO5. The van der Waals surface area contributed by atoms with Crippen molar-refractivity contribution in [3.05, 3.63) is 0 Å². The summed E-state index contributed by atoms with van der Waals surface area (Å²) in [6.45, 7) is 6.78. The van der Waals surface area contributed by atoms with Gasteiger partial charge in [-0.1, -0.05) is 0 Å². The third-order valence-corrected chi connectivity index (χ3v) is 3.38. The minimum Gasteiger partial charge on any atom is -0.481 e. The van der Waals surface area contributed by atoms with E-state index in [1.165, 1.54) is 4.90 Å². The van der Waals surface area contributed by atoms with E-state index in [0.717, 1.165) is 0 Å². The van der Waals surface area contributed by atoms with Gasteiger partial charge in [-0.2, -0.15) is 0 Å². The van der Waals surface area contributed by atoms with Crippen LogP contribution in [0.1, 0.15) is 20.8 Å². The summed E-state index contributed by atoms with van der Waals surface area (Å²) < 4.78 is 10.4. The average Bonchev–Trinajstić information content (AvgIpc) is 2.53. The van der Waals surface area contributed by atoms with E-state index < -0.39 is 29.0 Å². The Hall–Kier alpha value is -1.30. The number of ether oxygens (including phenoxy) is 2. The highest BCUT2D eigenvalue weighted by molar-refractivity contribution is 5.75. The van der Waals surface area contributed by atoms with Crippen molar-refractivity contribution in [2.75, 3.05) is 26.3 Å². The molecule has 2 rings (SSSR count). The summed E-state index contributed by atoms with van der Waals surface area (Å²) in [5.41, 5.74) is -0.982. The van der Waals surface area contributed by atoms with Crippen LogP contribution >= 0.6 is 0 Å². The van der Waals surface area contributed by atoms with Crippen LogP contribution in [0.3, 0.4) is 0 Å². The fourth-order valence-electron chi connectivity index (χ4n) is 2.43. The van der Waals surface area contributed by atoms with Crippen molar-refractivity contribution in [2.24, 2.45) is 11.3 Å². The van der Waals surface area contributed by atoms with E-state index in [9.17, 15) is 14.7 Å². The van der Waals surface area contributed by atoms with Gasteiger partial charge >= 0.3 is 12.1 Å². The van der Waals surface area contributed by atoms with E-state index >= 15 is 0 Å². The molecule has 2 aliphatic heterocycles. The Labute approximate surface area is 106 Å². The molecule has 6 nitrogen and oxygen atoms in total. The zero-order valence-corrected chi connectivity index (χ0v) is 10.9. The summed E-state index contributed by atoms with van der Waals surface area (Å²) in [6, 6.07) is 0. The second-order valence-electron chi connectivity index (χ2n) is 6.11. The third kappa shape index (κ3) is 2.29. The molecule has 0 unspecified atom stereocenters. The van der Waals surface area contributed by atoms with Crippen molar-refractivity contribution in [1.82, 2.24) is 4.90 Å². The van der Waals surface area contributed by atoms with Crippen LogP contribution in [0, 0.1) is 11.3 Å². The maximum Gasteiger partial charge on any atom is 0.410 e. The highest BCUT2D eigenvalue weighted by Gasteiger charge is 2.56. The fourth-order valence-corrected chi connectivity index (χ4v) is 2.43. The van der Waals surface area contributed by atoms with Crippen molar-refractivity contribution >= 4 is 12.1 Å². The molecule has 0 aromatic rings. The molecule has 1 N–H and O–H groups in total. The standard InChI is InChI=1S/C12H19NO5/c1-11(2,3)18-10(16)13-4-8(9(14)15)12(5-13)6-17-7-12/h8H,4-7H2,1-3H3,(H,14,15)/t8-/m0/s1. The second-order valence-corrected chi connectivity index (χ2v) is 6.11. The molecule has 2 heterocycles. The van der Waals surface area contributed by atoms with Crippen molar-refractivity contribution in [3.8, 4) is 0 Å². The van der Waals surface area contributed by atoms with E-state index in [4.69, 9.17) is 9.47 Å². The van der Waals surface area contributed by atoms with Gasteiger partial charge < -0.3 is 19.5 Å². The number of carbonyl (C=O) groups is 2. The molecule has 1 atom stereocenters. The Morgan fingerprint density at radius 1 is 1.39 bits per heavy atom. The molecule has 0 radical (unpaired) electrons. The van der Waals surface area contributed by atoms with Crippen LogP contribution in [0.15, 0.2) is 0 Å². The number of hydrogen-bond donors (Lipinski definition) is 1. The molecule has 0 aromatic heterocycles. The van der Waals surface area contributed by atoms with Crippen LogP contribution in [0.25, 0.3) is 0 Å². The average molecular weight is 257 g/mol. The number of amides is 1. The Morgan fingerprint density at radius 2 is 2.00 bits per heavy atom. The lowest BCUT2D eigenvalue weighted by molar-refractivity contribution is -0.164. The predicted molar refractivity (Wildman–Crippen MR) is 62.2 cm³/mol. The lowest BCUT2D eigenvalue weighted by Crippen LogP contribution is -2.51. The highest BCUT2D eigenvalue weighted by Crippen LogP contribution is 2.42. The van der Waals surface area contributed by atoms with E-state index in [1.807, 2.05) is 0 Å². The SMILES string of the molecule is CC(C)(C)OC(=O)N1C[C@@H](C(=O)O)C2(COC2)C1. The summed E-state index contributed by atoms with van der Waals surface area (Å²) in [7, 11) is 0. The minimum absolute atomic E-state index is 0.202. The Bertz CT molecular complexity index is 369. The number of likely N-dealkylation sites (tertiary alicyclic amines) is 1. The maximum absolute atomic E-state index is 11.9. The highest BCUT2D eigenvalue weighted by atomic mass is 16.6. The first kappa shape index (κ1) is 13.1. The zero-order chi connectivity index (χ0) is 13.6. The van der Waals surface area contributed by atoms with Gasteiger partial charge in [0, 0.05) is 18.5 Å². The molecule has 18 heavy (non-hydrogen) atoms. The van der Waals surface area contributed by atoms with Gasteiger partial charge in [-0.05, 0) is 20.8 Å². The summed E-state index contributed by atoms with van der Waals surface area (Å²) >= 11 is 0. The molecule has 2 saturated heterocycles. The molecule has 0 aromatic carbocycles. The number of hydrogen-bond acceptors (Lipinski definition) is 4. The number of carboxylic acid groups (broad SMARTS) is 1. The third-order valence-electron chi connectivity index (χ3n) is 3.38. The van der Waals surface area contributed by atoms with Crippen molar-refractivity contribution in [2.45, 2.75) is 26.4 Å². The van der Waals surface area contributed by atoms with Gasteiger partial charge in [-0.15, -0.1) is 0 Å². The van der Waals surface area contributed by atoms with Crippen molar-refractivity contribution in [1.29, 1.82) is 0 Å². The first-order valence-electron chi connectivity index (χ1n) is 6.02. The van der Waals surface area contributed by atoms with Crippen molar-refractivity contribution in [3.63, 3.8) is 0 Å². The zero-order valence-electron chi connectivity index (χ0n) is 10.9. The Kier molecular flexibility index (Phi) is 3.01. The molecule has 1 spiro atoms. The van der Waals surface area contributed by atoms with Crippen LogP contribution in [0.2, 0.25) is 0 Å². The van der Waals surface area contributed by atoms with Crippen LogP contribution < -0.4 is 0 Å². The van der Waals surface area contributed by atoms with Crippen LogP contribution in [0.4, 0.5) is 4.79 Å². The quantitative estimate of drug-likeness (QED) is 0.757. The first-order chi connectivity index (χ1) is 8.23. The van der Waals surface area contributed by atoms with Crippen LogP contribution in [-0.4, -0.2) is 54.0 Å². The van der Waals surface area contributed by atoms with Crippen LogP contribution in [-0.2, 0) is 14.3 Å². The molecule has 0 aliphatic carbocycles. The largest absolute Gasteiger partial charge is 0.481 e. The first-order valence-corrected chi connectivity index (χ1v) is 6.02. The maximum atomic E-state index is 11.9. The molecule has 1 amide bonds. The lowest BCUT2D eigenvalue weighted by atomic mass is 9.76. The second kappa shape index (κ2) is 4.12. The van der Waals surface area contributed by atoms with Crippen LogP contribution in [0.5, 0.6) is 0 Å². The molecule has 0 saturated carbocycles. The van der Waals surface area contributed by atoms with Gasteiger partial charge in [0.15, 0.2) is 0 Å². The van der Waals surface area contributed by atoms with E-state index in [0.29, 0.717) is 19.8 Å². The van der Waals surface area contributed by atoms with E-state index in [1.54, 1.807) is 20.8 Å². The molecule has 0 bridgehead atoms. The predicted octanol–water partition coefficient (Wildman–Crippen LogP) is 0.955. The summed E-state index contributed by atoms with van der Waals surface area (Å²) in [5, 5.41) is 9.21. The molecule has 2 fully saturated rings. The number of carbonyl (C=O) groups excluding carboxylic acids is 1. The number of aliphatic carboxylic acids is 1. The summed E-state index contributed by atoms with van der Waals surface area (Å²) in [5.74, 6) is -1.43. The number of nitrogens with zero attached hydrogens (tertiary/aromatic N) is 1. The Balaban J connectivity index is 2.05. The monoisotopic (exact) mass is 257 g/mol. The topological polar surface area (TPSA) is 76.1 Å². The Morgan fingerprint density at radius 3 is 2.33 bits per heavy atom. The van der Waals surface area contributed by atoms with Crippen molar-refractivity contribution < 1.29 is 24.2 Å². The molecule has 2 aliphatic rings. The smallest absolute Gasteiger partial charge is 0.410 e. The summed E-state index contributed by atoms with van der Waals surface area (Å²) in [6.07, 6.45) is -0.447. The minimum atomic E-state index is -0.871.